The van der Waals surface area contributed by atoms with E-state index in [4.69, 9.17) is 33.2 Å². The zero-order valence-electron chi connectivity index (χ0n) is 11.6. The Hall–Kier alpha value is -2.22. The van der Waals surface area contributed by atoms with Gasteiger partial charge in [-0.05, 0) is 49.4 Å². The van der Waals surface area contributed by atoms with Crippen molar-refractivity contribution in [3.05, 3.63) is 58.1 Å². The number of hydrogen-bond acceptors (Lipinski definition) is 3. The fraction of sp³-hybridized carbons (Fsp3) is 0.125. The maximum absolute atomic E-state index is 12.1. The molecular weight excluding hydrogens is 323 g/mol. The lowest BCUT2D eigenvalue weighted by atomic mass is 10.2. The number of nitriles is 1. The second-order valence-electron chi connectivity index (χ2n) is 4.51. The molecule has 0 bridgehead atoms. The van der Waals surface area contributed by atoms with Crippen molar-refractivity contribution in [2.24, 2.45) is 0 Å². The molecule has 0 heterocycles. The highest BCUT2D eigenvalue weighted by Gasteiger charge is 2.16. The number of anilines is 1. The van der Waals surface area contributed by atoms with Crippen LogP contribution in [0.4, 0.5) is 5.69 Å². The van der Waals surface area contributed by atoms with Gasteiger partial charge in [0, 0.05) is 10.7 Å². The fourth-order valence-electron chi connectivity index (χ4n) is 1.69. The van der Waals surface area contributed by atoms with E-state index in [1.165, 1.54) is 0 Å². The van der Waals surface area contributed by atoms with Crippen LogP contribution in [0, 0.1) is 11.3 Å². The highest BCUT2D eigenvalue weighted by atomic mass is 35.5. The third-order valence-corrected chi connectivity index (χ3v) is 3.38. The largest absolute Gasteiger partial charge is 0.479 e. The van der Waals surface area contributed by atoms with E-state index in [-0.39, 0.29) is 5.91 Å². The maximum atomic E-state index is 12.1. The van der Waals surface area contributed by atoms with Gasteiger partial charge in [-0.2, -0.15) is 5.26 Å². The molecule has 0 aromatic heterocycles. The maximum Gasteiger partial charge on any atom is 0.265 e. The SMILES string of the molecule is C[C@H](Oc1ccc(Cl)cc1Cl)C(=O)Nc1ccc(C#N)cc1. The number of rotatable bonds is 4. The van der Waals surface area contributed by atoms with Gasteiger partial charge in [0.15, 0.2) is 6.10 Å². The summed E-state index contributed by atoms with van der Waals surface area (Å²) in [5.41, 5.74) is 1.11. The summed E-state index contributed by atoms with van der Waals surface area (Å²) in [7, 11) is 0. The van der Waals surface area contributed by atoms with Crippen LogP contribution in [-0.2, 0) is 4.79 Å². The lowest BCUT2D eigenvalue weighted by Gasteiger charge is -2.15. The van der Waals surface area contributed by atoms with Crippen LogP contribution in [0.3, 0.4) is 0 Å². The lowest BCUT2D eigenvalue weighted by Crippen LogP contribution is -2.30. The van der Waals surface area contributed by atoms with E-state index in [0.717, 1.165) is 0 Å². The summed E-state index contributed by atoms with van der Waals surface area (Å²) >= 11 is 11.8. The van der Waals surface area contributed by atoms with Crippen molar-refractivity contribution in [2.45, 2.75) is 13.0 Å². The van der Waals surface area contributed by atoms with Crippen LogP contribution in [0.2, 0.25) is 10.0 Å². The number of hydrogen-bond donors (Lipinski definition) is 1. The molecule has 1 amide bonds. The molecule has 2 aromatic carbocycles. The van der Waals surface area contributed by atoms with Crippen molar-refractivity contribution >= 4 is 34.8 Å². The molecule has 22 heavy (non-hydrogen) atoms. The third kappa shape index (κ3) is 4.14. The first kappa shape index (κ1) is 16.2. The summed E-state index contributed by atoms with van der Waals surface area (Å²) in [5.74, 6) is 0.0595. The average molecular weight is 335 g/mol. The van der Waals surface area contributed by atoms with Crippen molar-refractivity contribution < 1.29 is 9.53 Å². The van der Waals surface area contributed by atoms with Gasteiger partial charge in [-0.1, -0.05) is 23.2 Å². The van der Waals surface area contributed by atoms with Crippen molar-refractivity contribution in [3.8, 4) is 11.8 Å². The first-order valence-electron chi connectivity index (χ1n) is 6.42. The van der Waals surface area contributed by atoms with Gasteiger partial charge in [-0.3, -0.25) is 4.79 Å². The Kier molecular flexibility index (Phi) is 5.26. The summed E-state index contributed by atoms with van der Waals surface area (Å²) in [5, 5.41) is 12.3. The van der Waals surface area contributed by atoms with Crippen molar-refractivity contribution in [3.63, 3.8) is 0 Å². The molecule has 0 radical (unpaired) electrons. The summed E-state index contributed by atoms with van der Waals surface area (Å²) in [4.78, 5) is 12.1. The minimum Gasteiger partial charge on any atom is -0.479 e. The number of carbonyl (C=O) groups is 1. The zero-order valence-corrected chi connectivity index (χ0v) is 13.2. The normalized spacial score (nSPS) is 11.4. The molecule has 4 nitrogen and oxygen atoms in total. The summed E-state index contributed by atoms with van der Waals surface area (Å²) < 4.78 is 5.52. The molecule has 2 rings (SSSR count). The Balaban J connectivity index is 2.01. The Bertz CT molecular complexity index is 724. The second-order valence-corrected chi connectivity index (χ2v) is 5.36. The van der Waals surface area contributed by atoms with E-state index in [1.807, 2.05) is 6.07 Å². The van der Waals surface area contributed by atoms with Gasteiger partial charge in [-0.15, -0.1) is 0 Å². The second kappa shape index (κ2) is 7.17. The quantitative estimate of drug-likeness (QED) is 0.907. The Morgan fingerprint density at radius 3 is 2.50 bits per heavy atom. The van der Waals surface area contributed by atoms with Gasteiger partial charge in [0.1, 0.15) is 5.75 Å². The predicted molar refractivity (Wildman–Crippen MR) is 86.3 cm³/mol. The molecule has 0 saturated carbocycles. The molecule has 112 valence electrons. The number of carbonyl (C=O) groups excluding carboxylic acids is 1. The lowest BCUT2D eigenvalue weighted by molar-refractivity contribution is -0.122. The van der Waals surface area contributed by atoms with Gasteiger partial charge in [0.05, 0.1) is 16.7 Å². The minimum atomic E-state index is -0.741. The predicted octanol–water partition coefficient (Wildman–Crippen LogP) is 4.27. The van der Waals surface area contributed by atoms with Crippen molar-refractivity contribution in [1.82, 2.24) is 0 Å². The van der Waals surface area contributed by atoms with Gasteiger partial charge < -0.3 is 10.1 Å². The molecule has 0 saturated heterocycles. The molecule has 0 aliphatic rings. The van der Waals surface area contributed by atoms with Gasteiger partial charge in [-0.25, -0.2) is 0 Å². The summed E-state index contributed by atoms with van der Waals surface area (Å²) in [6.07, 6.45) is -0.741. The molecule has 0 spiro atoms. The number of nitrogens with one attached hydrogen (secondary N) is 1. The number of benzene rings is 2. The van der Waals surface area contributed by atoms with E-state index in [0.29, 0.717) is 27.0 Å². The van der Waals surface area contributed by atoms with E-state index in [9.17, 15) is 4.79 Å². The first-order chi connectivity index (χ1) is 10.5. The fourth-order valence-corrected chi connectivity index (χ4v) is 2.14. The van der Waals surface area contributed by atoms with Crippen LogP contribution in [0.25, 0.3) is 0 Å². The first-order valence-corrected chi connectivity index (χ1v) is 7.18. The molecule has 6 heteroatoms. The van der Waals surface area contributed by atoms with Crippen LogP contribution >= 0.6 is 23.2 Å². The Morgan fingerprint density at radius 2 is 1.91 bits per heavy atom. The number of amides is 1. The molecular formula is C16H12Cl2N2O2. The summed E-state index contributed by atoms with van der Waals surface area (Å²) in [6, 6.07) is 13.3. The number of nitrogens with zero attached hydrogens (tertiary/aromatic N) is 1. The van der Waals surface area contributed by atoms with Gasteiger partial charge >= 0.3 is 0 Å². The molecule has 1 N–H and O–H groups in total. The van der Waals surface area contributed by atoms with Crippen molar-refractivity contribution in [2.75, 3.05) is 5.32 Å². The Labute approximate surface area is 138 Å². The molecule has 2 aromatic rings. The van der Waals surface area contributed by atoms with E-state index >= 15 is 0 Å². The molecule has 0 unspecified atom stereocenters. The third-order valence-electron chi connectivity index (χ3n) is 2.85. The molecule has 1 atom stereocenters. The standard InChI is InChI=1S/C16H12Cl2N2O2/c1-10(22-15-7-4-12(17)8-14(15)18)16(21)20-13-5-2-11(9-19)3-6-13/h2-8,10H,1H3,(H,20,21)/t10-/m0/s1. The number of halogens is 2. The van der Waals surface area contributed by atoms with Crippen LogP contribution < -0.4 is 10.1 Å². The van der Waals surface area contributed by atoms with Crippen LogP contribution in [0.15, 0.2) is 42.5 Å². The Morgan fingerprint density at radius 1 is 1.23 bits per heavy atom. The average Bonchev–Trinajstić information content (AvgIpc) is 2.50. The van der Waals surface area contributed by atoms with E-state index in [2.05, 4.69) is 5.32 Å². The number of ether oxygens (including phenoxy) is 1. The zero-order chi connectivity index (χ0) is 16.1. The van der Waals surface area contributed by atoms with Crippen LogP contribution in [0.5, 0.6) is 5.75 Å². The van der Waals surface area contributed by atoms with Crippen LogP contribution in [0.1, 0.15) is 12.5 Å². The van der Waals surface area contributed by atoms with Crippen LogP contribution in [-0.4, -0.2) is 12.0 Å². The topological polar surface area (TPSA) is 62.1 Å². The minimum absolute atomic E-state index is 0.323. The van der Waals surface area contributed by atoms with E-state index in [1.54, 1.807) is 49.4 Å². The van der Waals surface area contributed by atoms with Crippen molar-refractivity contribution in [1.29, 1.82) is 5.26 Å². The summed E-state index contributed by atoms with van der Waals surface area (Å²) in [6.45, 7) is 1.61. The highest BCUT2D eigenvalue weighted by Crippen LogP contribution is 2.28. The molecule has 0 fully saturated rings. The van der Waals surface area contributed by atoms with Gasteiger partial charge in [0.25, 0.3) is 5.91 Å². The van der Waals surface area contributed by atoms with Gasteiger partial charge in [0.2, 0.25) is 0 Å². The molecule has 0 aliphatic heterocycles. The molecule has 0 aliphatic carbocycles. The van der Waals surface area contributed by atoms with E-state index < -0.39 is 6.10 Å². The monoisotopic (exact) mass is 334 g/mol. The smallest absolute Gasteiger partial charge is 0.265 e. The highest BCUT2D eigenvalue weighted by molar-refractivity contribution is 6.35.